The van der Waals surface area contributed by atoms with Crippen LogP contribution < -0.4 is 4.90 Å². The maximum atomic E-state index is 9.64. The molecule has 1 heterocycles. The molecule has 1 aliphatic rings. The van der Waals surface area contributed by atoms with Crippen LogP contribution in [-0.4, -0.2) is 30.4 Å². The first kappa shape index (κ1) is 14.8. The summed E-state index contributed by atoms with van der Waals surface area (Å²) in [6.45, 7) is 7.77. The number of hydrogen-bond donors (Lipinski definition) is 1. The lowest BCUT2D eigenvalue weighted by Crippen LogP contribution is -2.48. The quantitative estimate of drug-likeness (QED) is 0.922. The molecule has 0 amide bonds. The minimum absolute atomic E-state index is 0.256. The Labute approximate surface area is 123 Å². The summed E-state index contributed by atoms with van der Waals surface area (Å²) in [6, 6.07) is 6.52. The van der Waals surface area contributed by atoms with Crippen LogP contribution in [0.4, 0.5) is 5.69 Å². The summed E-state index contributed by atoms with van der Waals surface area (Å²) in [5.41, 5.74) is 2.12. The molecule has 1 fully saturated rings. The van der Waals surface area contributed by atoms with Gasteiger partial charge >= 0.3 is 0 Å². The van der Waals surface area contributed by atoms with E-state index in [2.05, 4.69) is 40.7 Å². The van der Waals surface area contributed by atoms with Crippen LogP contribution in [0.25, 0.3) is 0 Å². The molecule has 1 saturated heterocycles. The van der Waals surface area contributed by atoms with Crippen molar-refractivity contribution in [3.63, 3.8) is 0 Å². The Morgan fingerprint density at radius 1 is 1.53 bits per heavy atom. The molecule has 1 aliphatic heterocycles. The second kappa shape index (κ2) is 6.25. The summed E-state index contributed by atoms with van der Waals surface area (Å²) in [6.07, 6.45) is 0.888. The Morgan fingerprint density at radius 2 is 2.26 bits per heavy atom. The number of aliphatic hydroxyl groups excluding tert-OH is 1. The third-order valence-corrected chi connectivity index (χ3v) is 4.34. The average molecular weight is 328 g/mol. The Bertz CT molecular complexity index is 436. The maximum Gasteiger partial charge on any atom is 0.0762 e. The molecular weight excluding hydrogens is 306 g/mol. The molecule has 0 aliphatic carbocycles. The second-order valence-corrected chi connectivity index (χ2v) is 6.10. The molecule has 0 spiro atoms. The molecule has 4 heteroatoms. The SMILES string of the molecule is CCC1COC(C)CN1c1ccc([C@H](C)O)cc1Br. The van der Waals surface area contributed by atoms with Crippen molar-refractivity contribution in [2.45, 2.75) is 45.4 Å². The highest BCUT2D eigenvalue weighted by atomic mass is 79.9. The zero-order valence-corrected chi connectivity index (χ0v) is 13.4. The number of rotatable bonds is 3. The molecule has 1 aromatic rings. The summed E-state index contributed by atoms with van der Waals surface area (Å²) in [7, 11) is 0. The second-order valence-electron chi connectivity index (χ2n) is 5.25. The molecule has 2 unspecified atom stereocenters. The van der Waals surface area contributed by atoms with Gasteiger partial charge in [-0.1, -0.05) is 13.0 Å². The zero-order valence-electron chi connectivity index (χ0n) is 11.8. The molecule has 3 nitrogen and oxygen atoms in total. The van der Waals surface area contributed by atoms with E-state index < -0.39 is 6.10 Å². The first-order valence-corrected chi connectivity index (χ1v) is 7.68. The third-order valence-electron chi connectivity index (χ3n) is 3.70. The van der Waals surface area contributed by atoms with Crippen LogP contribution in [0.15, 0.2) is 22.7 Å². The lowest BCUT2D eigenvalue weighted by molar-refractivity contribution is 0.0299. The highest BCUT2D eigenvalue weighted by molar-refractivity contribution is 9.10. The predicted octanol–water partition coefficient (Wildman–Crippen LogP) is 3.51. The summed E-state index contributed by atoms with van der Waals surface area (Å²) in [4.78, 5) is 2.41. The molecular formula is C15H22BrNO2. The number of aliphatic hydroxyl groups is 1. The van der Waals surface area contributed by atoms with Crippen LogP contribution in [0.1, 0.15) is 38.9 Å². The number of nitrogens with zero attached hydrogens (tertiary/aromatic N) is 1. The highest BCUT2D eigenvalue weighted by Gasteiger charge is 2.27. The summed E-state index contributed by atoms with van der Waals surface area (Å²) in [5, 5.41) is 9.64. The van der Waals surface area contributed by atoms with Crippen molar-refractivity contribution in [1.29, 1.82) is 0 Å². The van der Waals surface area contributed by atoms with Gasteiger partial charge in [-0.05, 0) is 53.9 Å². The van der Waals surface area contributed by atoms with E-state index in [0.29, 0.717) is 6.04 Å². The number of anilines is 1. The molecule has 1 aromatic carbocycles. The van der Waals surface area contributed by atoms with Gasteiger partial charge in [-0.15, -0.1) is 0 Å². The lowest BCUT2D eigenvalue weighted by Gasteiger charge is -2.40. The highest BCUT2D eigenvalue weighted by Crippen LogP contribution is 2.32. The normalized spacial score (nSPS) is 25.4. The number of ether oxygens (including phenoxy) is 1. The first-order chi connectivity index (χ1) is 9.02. The van der Waals surface area contributed by atoms with Crippen molar-refractivity contribution in [1.82, 2.24) is 0 Å². The van der Waals surface area contributed by atoms with E-state index in [1.54, 1.807) is 6.92 Å². The van der Waals surface area contributed by atoms with Crippen LogP contribution in [0, 0.1) is 0 Å². The molecule has 1 N–H and O–H groups in total. The van der Waals surface area contributed by atoms with Gasteiger partial charge in [0.2, 0.25) is 0 Å². The molecule has 3 atom stereocenters. The Kier molecular flexibility index (Phi) is 4.87. The van der Waals surface area contributed by atoms with Crippen LogP contribution >= 0.6 is 15.9 Å². The fraction of sp³-hybridized carbons (Fsp3) is 0.600. The van der Waals surface area contributed by atoms with Crippen molar-refractivity contribution in [2.24, 2.45) is 0 Å². The fourth-order valence-corrected chi connectivity index (χ4v) is 3.12. The number of benzene rings is 1. The van der Waals surface area contributed by atoms with Crippen LogP contribution in [0.3, 0.4) is 0 Å². The minimum atomic E-state index is -0.434. The van der Waals surface area contributed by atoms with Gasteiger partial charge < -0.3 is 14.7 Å². The van der Waals surface area contributed by atoms with E-state index in [9.17, 15) is 5.11 Å². The molecule has 2 rings (SSSR count). The summed E-state index contributed by atoms with van der Waals surface area (Å²) >= 11 is 3.63. The number of hydrogen-bond acceptors (Lipinski definition) is 3. The predicted molar refractivity (Wildman–Crippen MR) is 81.6 cm³/mol. The van der Waals surface area contributed by atoms with Crippen molar-refractivity contribution in [3.05, 3.63) is 28.2 Å². The van der Waals surface area contributed by atoms with Gasteiger partial charge in [-0.25, -0.2) is 0 Å². The molecule has 0 aromatic heterocycles. The van der Waals surface area contributed by atoms with Gasteiger partial charge in [0.25, 0.3) is 0 Å². The van der Waals surface area contributed by atoms with Gasteiger partial charge in [-0.2, -0.15) is 0 Å². The Morgan fingerprint density at radius 3 is 2.84 bits per heavy atom. The standard InChI is InChI=1S/C15H22BrNO2/c1-4-13-9-19-10(2)8-17(13)15-6-5-12(11(3)18)7-14(15)16/h5-7,10-11,13,18H,4,8-9H2,1-3H3/t10?,11-,13?/m0/s1. The average Bonchev–Trinajstić information content (AvgIpc) is 2.38. The van der Waals surface area contributed by atoms with Crippen molar-refractivity contribution in [2.75, 3.05) is 18.1 Å². The van der Waals surface area contributed by atoms with Crippen molar-refractivity contribution in [3.8, 4) is 0 Å². The number of halogens is 1. The minimum Gasteiger partial charge on any atom is -0.389 e. The maximum absolute atomic E-state index is 9.64. The van der Waals surface area contributed by atoms with Crippen molar-refractivity contribution >= 4 is 21.6 Å². The molecule has 0 bridgehead atoms. The smallest absolute Gasteiger partial charge is 0.0762 e. The summed E-state index contributed by atoms with van der Waals surface area (Å²) < 4.78 is 6.78. The molecule has 106 valence electrons. The van der Waals surface area contributed by atoms with E-state index >= 15 is 0 Å². The van der Waals surface area contributed by atoms with Gasteiger partial charge in [0.05, 0.1) is 30.5 Å². The van der Waals surface area contributed by atoms with E-state index in [0.717, 1.165) is 29.6 Å². The lowest BCUT2D eigenvalue weighted by atomic mass is 10.1. The van der Waals surface area contributed by atoms with E-state index in [-0.39, 0.29) is 6.10 Å². The Hall–Kier alpha value is -0.580. The van der Waals surface area contributed by atoms with Crippen LogP contribution in [-0.2, 0) is 4.74 Å². The van der Waals surface area contributed by atoms with Crippen LogP contribution in [0.2, 0.25) is 0 Å². The topological polar surface area (TPSA) is 32.7 Å². The number of morpholine rings is 1. The van der Waals surface area contributed by atoms with Gasteiger partial charge in [0.1, 0.15) is 0 Å². The molecule has 19 heavy (non-hydrogen) atoms. The van der Waals surface area contributed by atoms with E-state index in [1.165, 1.54) is 5.69 Å². The van der Waals surface area contributed by atoms with Gasteiger partial charge in [0.15, 0.2) is 0 Å². The molecule has 0 saturated carbocycles. The third kappa shape index (κ3) is 3.30. The fourth-order valence-electron chi connectivity index (χ4n) is 2.49. The monoisotopic (exact) mass is 327 g/mol. The summed E-state index contributed by atoms with van der Waals surface area (Å²) in [5.74, 6) is 0. The largest absolute Gasteiger partial charge is 0.389 e. The Balaban J connectivity index is 2.28. The van der Waals surface area contributed by atoms with Gasteiger partial charge in [-0.3, -0.25) is 0 Å². The zero-order chi connectivity index (χ0) is 14.0. The van der Waals surface area contributed by atoms with Crippen molar-refractivity contribution < 1.29 is 9.84 Å². The van der Waals surface area contributed by atoms with Crippen LogP contribution in [0.5, 0.6) is 0 Å². The van der Waals surface area contributed by atoms with E-state index in [4.69, 9.17) is 4.74 Å². The van der Waals surface area contributed by atoms with E-state index in [1.807, 2.05) is 12.1 Å². The first-order valence-electron chi connectivity index (χ1n) is 6.88. The molecule has 0 radical (unpaired) electrons. The van der Waals surface area contributed by atoms with Gasteiger partial charge in [0, 0.05) is 11.0 Å².